The first kappa shape index (κ1) is 9.32. The average Bonchev–Trinajstić information content (AvgIpc) is 1.80. The molecule has 0 saturated carbocycles. The molecule has 1 aliphatic rings. The molecular weight excluding hydrogens is 156 g/mol. The van der Waals surface area contributed by atoms with Crippen LogP contribution in [-0.2, 0) is 0 Å². The summed E-state index contributed by atoms with van der Waals surface area (Å²) < 4.78 is 0. The third-order valence-corrected chi connectivity index (χ3v) is 1.91. The van der Waals surface area contributed by atoms with Crippen LogP contribution >= 0.6 is 0 Å². The molecule has 1 saturated heterocycles. The molecule has 4 heteroatoms. The van der Waals surface area contributed by atoms with Crippen molar-refractivity contribution in [2.45, 2.75) is 19.9 Å². The van der Waals surface area contributed by atoms with Gasteiger partial charge in [0.2, 0.25) is 0 Å². The van der Waals surface area contributed by atoms with Gasteiger partial charge < -0.3 is 10.4 Å². The summed E-state index contributed by atoms with van der Waals surface area (Å²) in [6.07, 6.45) is -0.913. The number of carboxylic acid groups (broad SMARTS) is 1. The average molecular weight is 172 g/mol. The number of rotatable bonds is 3. The molecule has 0 atom stereocenters. The predicted octanol–water partition coefficient (Wildman–Crippen LogP) is 0.594. The lowest BCUT2D eigenvalue weighted by Gasteiger charge is -2.39. The lowest BCUT2D eigenvalue weighted by Crippen LogP contribution is -2.59. The van der Waals surface area contributed by atoms with Crippen LogP contribution in [0.15, 0.2) is 0 Å². The monoisotopic (exact) mass is 172 g/mol. The van der Waals surface area contributed by atoms with E-state index in [0.717, 1.165) is 19.6 Å². The summed E-state index contributed by atoms with van der Waals surface area (Å²) in [5.74, 6) is 0.663. The smallest absolute Gasteiger partial charge is 0.404 e. The number of carbonyl (C=O) groups is 1. The molecule has 0 aromatic carbocycles. The Kier molecular flexibility index (Phi) is 2.92. The van der Waals surface area contributed by atoms with E-state index in [1.165, 1.54) is 0 Å². The first-order valence-electron chi connectivity index (χ1n) is 4.29. The van der Waals surface area contributed by atoms with Crippen LogP contribution in [0.5, 0.6) is 0 Å². The molecule has 1 rings (SSSR count). The molecule has 4 nitrogen and oxygen atoms in total. The molecule has 0 aromatic heterocycles. The van der Waals surface area contributed by atoms with E-state index >= 15 is 0 Å². The Bertz CT molecular complexity index is 164. The van der Waals surface area contributed by atoms with Crippen molar-refractivity contribution in [1.29, 1.82) is 0 Å². The second kappa shape index (κ2) is 3.76. The Morgan fingerprint density at radius 3 is 2.67 bits per heavy atom. The summed E-state index contributed by atoms with van der Waals surface area (Å²) in [5, 5.41) is 10.8. The van der Waals surface area contributed by atoms with Crippen LogP contribution in [0.3, 0.4) is 0 Å². The van der Waals surface area contributed by atoms with E-state index in [9.17, 15) is 4.79 Å². The largest absolute Gasteiger partial charge is 0.465 e. The molecule has 0 aromatic rings. The van der Waals surface area contributed by atoms with Crippen LogP contribution in [0.25, 0.3) is 0 Å². The van der Waals surface area contributed by atoms with Crippen LogP contribution in [0.1, 0.15) is 13.8 Å². The summed E-state index contributed by atoms with van der Waals surface area (Å²) in [4.78, 5) is 12.5. The molecule has 0 aliphatic carbocycles. The molecule has 70 valence electrons. The Labute approximate surface area is 72.6 Å². The second-order valence-electron chi connectivity index (χ2n) is 3.76. The van der Waals surface area contributed by atoms with Gasteiger partial charge in [-0.25, -0.2) is 4.79 Å². The van der Waals surface area contributed by atoms with Gasteiger partial charge in [0.15, 0.2) is 0 Å². The van der Waals surface area contributed by atoms with Gasteiger partial charge in [-0.3, -0.25) is 4.90 Å². The van der Waals surface area contributed by atoms with Gasteiger partial charge >= 0.3 is 6.09 Å². The van der Waals surface area contributed by atoms with Crippen molar-refractivity contribution in [3.05, 3.63) is 0 Å². The zero-order chi connectivity index (χ0) is 9.14. The van der Waals surface area contributed by atoms with Crippen LogP contribution in [0.4, 0.5) is 4.79 Å². The summed E-state index contributed by atoms with van der Waals surface area (Å²) in [6, 6.07) is 0.154. The predicted molar refractivity (Wildman–Crippen MR) is 46.2 cm³/mol. The van der Waals surface area contributed by atoms with Crippen molar-refractivity contribution in [1.82, 2.24) is 10.2 Å². The van der Waals surface area contributed by atoms with Gasteiger partial charge in [0.25, 0.3) is 0 Å². The number of nitrogens with zero attached hydrogens (tertiary/aromatic N) is 1. The minimum atomic E-state index is -0.913. The van der Waals surface area contributed by atoms with Crippen LogP contribution in [0.2, 0.25) is 0 Å². The number of amides is 1. The topological polar surface area (TPSA) is 52.6 Å². The zero-order valence-corrected chi connectivity index (χ0v) is 7.58. The lowest BCUT2D eigenvalue weighted by molar-refractivity contribution is 0.106. The number of nitrogens with one attached hydrogen (secondary N) is 1. The van der Waals surface area contributed by atoms with Gasteiger partial charge in [-0.2, -0.15) is 0 Å². The molecule has 2 N–H and O–H groups in total. The molecule has 1 amide bonds. The van der Waals surface area contributed by atoms with Crippen LogP contribution < -0.4 is 5.32 Å². The van der Waals surface area contributed by atoms with Gasteiger partial charge in [-0.1, -0.05) is 13.8 Å². The first-order chi connectivity index (χ1) is 5.58. The molecule has 0 bridgehead atoms. The number of likely N-dealkylation sites (tertiary alicyclic amines) is 1. The Balaban J connectivity index is 2.08. The third-order valence-electron chi connectivity index (χ3n) is 1.91. The first-order valence-corrected chi connectivity index (χ1v) is 4.29. The fourth-order valence-corrected chi connectivity index (χ4v) is 1.50. The molecule has 0 spiro atoms. The van der Waals surface area contributed by atoms with Gasteiger partial charge in [-0.15, -0.1) is 0 Å². The lowest BCUT2D eigenvalue weighted by atomic mass is 10.1. The van der Waals surface area contributed by atoms with E-state index < -0.39 is 6.09 Å². The van der Waals surface area contributed by atoms with Crippen molar-refractivity contribution >= 4 is 6.09 Å². The highest BCUT2D eigenvalue weighted by Gasteiger charge is 2.27. The number of hydrogen-bond donors (Lipinski definition) is 2. The fraction of sp³-hybridized carbons (Fsp3) is 0.875. The highest BCUT2D eigenvalue weighted by molar-refractivity contribution is 5.65. The van der Waals surface area contributed by atoms with Crippen LogP contribution in [-0.4, -0.2) is 41.8 Å². The van der Waals surface area contributed by atoms with Crippen molar-refractivity contribution < 1.29 is 9.90 Å². The number of hydrogen-bond acceptors (Lipinski definition) is 2. The maximum absolute atomic E-state index is 10.2. The van der Waals surface area contributed by atoms with E-state index in [4.69, 9.17) is 5.11 Å². The highest BCUT2D eigenvalue weighted by Crippen LogP contribution is 2.09. The summed E-state index contributed by atoms with van der Waals surface area (Å²) >= 11 is 0. The molecular formula is C8H16N2O2. The summed E-state index contributed by atoms with van der Waals surface area (Å²) in [5.41, 5.74) is 0. The zero-order valence-electron chi connectivity index (χ0n) is 7.58. The minimum absolute atomic E-state index is 0.154. The maximum Gasteiger partial charge on any atom is 0.404 e. The van der Waals surface area contributed by atoms with Gasteiger partial charge in [0, 0.05) is 19.6 Å². The van der Waals surface area contributed by atoms with Crippen molar-refractivity contribution in [3.8, 4) is 0 Å². The SMILES string of the molecule is CC(C)CN1CC(NC(=O)O)C1. The van der Waals surface area contributed by atoms with Crippen molar-refractivity contribution in [2.75, 3.05) is 19.6 Å². The standard InChI is InChI=1S/C8H16N2O2/c1-6(2)3-10-4-7(5-10)9-8(11)12/h6-7,9H,3-5H2,1-2H3,(H,11,12). The van der Waals surface area contributed by atoms with Crippen molar-refractivity contribution in [3.63, 3.8) is 0 Å². The quantitative estimate of drug-likeness (QED) is 0.655. The molecule has 12 heavy (non-hydrogen) atoms. The van der Waals surface area contributed by atoms with Crippen LogP contribution in [0, 0.1) is 5.92 Å². The summed E-state index contributed by atoms with van der Waals surface area (Å²) in [7, 11) is 0. The van der Waals surface area contributed by atoms with E-state index in [-0.39, 0.29) is 6.04 Å². The Morgan fingerprint density at radius 1 is 1.67 bits per heavy atom. The van der Waals surface area contributed by atoms with Gasteiger partial charge in [-0.05, 0) is 5.92 Å². The van der Waals surface area contributed by atoms with Gasteiger partial charge in [0.1, 0.15) is 0 Å². The summed E-state index contributed by atoms with van der Waals surface area (Å²) in [6.45, 7) is 7.13. The second-order valence-corrected chi connectivity index (χ2v) is 3.76. The fourth-order valence-electron chi connectivity index (χ4n) is 1.50. The van der Waals surface area contributed by atoms with Gasteiger partial charge in [0.05, 0.1) is 6.04 Å². The molecule has 1 fully saturated rings. The highest BCUT2D eigenvalue weighted by atomic mass is 16.4. The van der Waals surface area contributed by atoms with E-state index in [2.05, 4.69) is 24.1 Å². The molecule has 0 unspecified atom stereocenters. The van der Waals surface area contributed by atoms with E-state index in [0.29, 0.717) is 5.92 Å². The third kappa shape index (κ3) is 2.70. The molecule has 1 heterocycles. The van der Waals surface area contributed by atoms with E-state index in [1.54, 1.807) is 0 Å². The van der Waals surface area contributed by atoms with Crippen molar-refractivity contribution in [2.24, 2.45) is 5.92 Å². The maximum atomic E-state index is 10.2. The minimum Gasteiger partial charge on any atom is -0.465 e. The molecule has 0 radical (unpaired) electrons. The Hall–Kier alpha value is -0.770. The molecule has 1 aliphatic heterocycles. The normalized spacial score (nSPS) is 19.2. The Morgan fingerprint density at radius 2 is 2.25 bits per heavy atom. The van der Waals surface area contributed by atoms with E-state index in [1.807, 2.05) is 0 Å².